The molecule has 1 aliphatic rings. The van der Waals surface area contributed by atoms with Crippen LogP contribution in [0.2, 0.25) is 0 Å². The highest BCUT2D eigenvalue weighted by Crippen LogP contribution is 2.42. The number of likely N-dealkylation sites (tertiary alicyclic amines) is 1. The molecular weight excluding hydrogens is 430 g/mol. The van der Waals surface area contributed by atoms with Crippen molar-refractivity contribution in [2.75, 3.05) is 7.11 Å². The second-order valence-electron chi connectivity index (χ2n) is 8.99. The van der Waals surface area contributed by atoms with Crippen molar-refractivity contribution in [3.63, 3.8) is 0 Å². The van der Waals surface area contributed by atoms with Gasteiger partial charge in [0.05, 0.1) is 37.1 Å². The lowest BCUT2D eigenvalue weighted by Gasteiger charge is -2.25. The maximum atomic E-state index is 13.3. The van der Waals surface area contributed by atoms with E-state index in [4.69, 9.17) is 9.15 Å². The molecule has 0 aliphatic carbocycles. The fourth-order valence-corrected chi connectivity index (χ4v) is 4.57. The van der Waals surface area contributed by atoms with Crippen LogP contribution in [0.1, 0.15) is 59.4 Å². The van der Waals surface area contributed by atoms with Crippen molar-refractivity contribution in [1.29, 1.82) is 0 Å². The van der Waals surface area contributed by atoms with E-state index in [-0.39, 0.29) is 17.9 Å². The molecule has 6 heteroatoms. The van der Waals surface area contributed by atoms with E-state index >= 15 is 0 Å². The molecule has 176 valence electrons. The van der Waals surface area contributed by atoms with Crippen LogP contribution in [0.4, 0.5) is 0 Å². The minimum absolute atomic E-state index is 0.0390. The highest BCUT2D eigenvalue weighted by atomic mass is 16.5. The first-order valence-corrected chi connectivity index (χ1v) is 11.3. The molecule has 3 aromatic rings. The Kier molecular flexibility index (Phi) is 6.33. The highest BCUT2D eigenvalue weighted by Gasteiger charge is 2.46. The average Bonchev–Trinajstić information content (AvgIpc) is 3.40. The molecule has 1 saturated heterocycles. The standard InChI is InChI=1S/C28H29NO5/c1-16(2)19-8-10-20(11-9-19)24-23(25(30)22-14-17(3)13-18(4)27(22)33-5)26(31)28(32)29(24)15-21-7-6-12-34-21/h6-14,16,24,30H,15H2,1-5H3/b25-23+. The van der Waals surface area contributed by atoms with E-state index in [2.05, 4.69) is 13.8 Å². The van der Waals surface area contributed by atoms with Gasteiger partial charge in [0.1, 0.15) is 17.3 Å². The number of nitrogens with zero attached hydrogens (tertiary/aromatic N) is 1. The Bertz CT molecular complexity index is 1250. The number of ketones is 1. The number of furan rings is 1. The molecule has 0 spiro atoms. The van der Waals surface area contributed by atoms with E-state index in [0.717, 1.165) is 22.3 Å². The molecule has 34 heavy (non-hydrogen) atoms. The lowest BCUT2D eigenvalue weighted by Crippen LogP contribution is -2.29. The molecule has 2 heterocycles. The van der Waals surface area contributed by atoms with Gasteiger partial charge in [-0.15, -0.1) is 0 Å². The third-order valence-corrected chi connectivity index (χ3v) is 6.24. The number of rotatable bonds is 6. The van der Waals surface area contributed by atoms with Crippen LogP contribution in [0.25, 0.3) is 5.76 Å². The Morgan fingerprint density at radius 2 is 1.82 bits per heavy atom. The van der Waals surface area contributed by atoms with Crippen molar-refractivity contribution < 1.29 is 23.8 Å². The first-order chi connectivity index (χ1) is 16.2. The van der Waals surface area contributed by atoms with Gasteiger partial charge in [-0.05, 0) is 60.2 Å². The van der Waals surface area contributed by atoms with Crippen LogP contribution in [0.15, 0.2) is 64.8 Å². The quantitative estimate of drug-likeness (QED) is 0.293. The average molecular weight is 460 g/mol. The number of aryl methyl sites for hydroxylation is 2. The summed E-state index contributed by atoms with van der Waals surface area (Å²) in [6.45, 7) is 8.09. The van der Waals surface area contributed by atoms with Crippen LogP contribution < -0.4 is 4.74 Å². The number of hydrogen-bond donors (Lipinski definition) is 1. The number of carbonyl (C=O) groups is 2. The third-order valence-electron chi connectivity index (χ3n) is 6.24. The number of hydrogen-bond acceptors (Lipinski definition) is 5. The first kappa shape index (κ1) is 23.4. The Labute approximate surface area is 199 Å². The van der Waals surface area contributed by atoms with Gasteiger partial charge in [-0.3, -0.25) is 9.59 Å². The summed E-state index contributed by atoms with van der Waals surface area (Å²) < 4.78 is 11.0. The fraction of sp³-hybridized carbons (Fsp3) is 0.286. The summed E-state index contributed by atoms with van der Waals surface area (Å²) in [6.07, 6.45) is 1.53. The number of methoxy groups -OCH3 is 1. The molecular formula is C28H29NO5. The number of aliphatic hydroxyl groups excluding tert-OH is 1. The van der Waals surface area contributed by atoms with Gasteiger partial charge in [-0.2, -0.15) is 0 Å². The minimum Gasteiger partial charge on any atom is -0.507 e. The maximum Gasteiger partial charge on any atom is 0.296 e. The van der Waals surface area contributed by atoms with Gasteiger partial charge in [-0.1, -0.05) is 44.2 Å². The Morgan fingerprint density at radius 1 is 1.12 bits per heavy atom. The second kappa shape index (κ2) is 9.21. The second-order valence-corrected chi connectivity index (χ2v) is 8.99. The SMILES string of the molecule is COc1c(C)cc(C)cc1/C(O)=C1\C(=O)C(=O)N(Cc2ccco2)C1c1ccc(C(C)C)cc1. The van der Waals surface area contributed by atoms with E-state index in [1.807, 2.05) is 44.2 Å². The van der Waals surface area contributed by atoms with Crippen molar-refractivity contribution in [1.82, 2.24) is 4.90 Å². The summed E-state index contributed by atoms with van der Waals surface area (Å²) in [6, 6.07) is 14.2. The van der Waals surface area contributed by atoms with Crippen LogP contribution >= 0.6 is 0 Å². The summed E-state index contributed by atoms with van der Waals surface area (Å²) in [7, 11) is 1.52. The number of ether oxygens (including phenoxy) is 1. The van der Waals surface area contributed by atoms with E-state index in [9.17, 15) is 14.7 Å². The Balaban J connectivity index is 1.92. The number of amides is 1. The van der Waals surface area contributed by atoms with E-state index < -0.39 is 17.7 Å². The number of benzene rings is 2. The molecule has 4 rings (SSSR count). The van der Waals surface area contributed by atoms with Crippen molar-refractivity contribution in [3.8, 4) is 5.75 Å². The lowest BCUT2D eigenvalue weighted by atomic mass is 9.92. The normalized spacial score (nSPS) is 17.6. The molecule has 0 saturated carbocycles. The lowest BCUT2D eigenvalue weighted by molar-refractivity contribution is -0.140. The van der Waals surface area contributed by atoms with Crippen molar-refractivity contribution in [3.05, 3.63) is 93.9 Å². The molecule has 2 aromatic carbocycles. The zero-order valence-corrected chi connectivity index (χ0v) is 20.1. The third kappa shape index (κ3) is 4.12. The van der Waals surface area contributed by atoms with Crippen LogP contribution in [-0.2, 0) is 16.1 Å². The van der Waals surface area contributed by atoms with Crippen LogP contribution in [0, 0.1) is 13.8 Å². The van der Waals surface area contributed by atoms with Gasteiger partial charge >= 0.3 is 0 Å². The zero-order valence-electron chi connectivity index (χ0n) is 20.1. The smallest absolute Gasteiger partial charge is 0.296 e. The fourth-order valence-electron chi connectivity index (χ4n) is 4.57. The molecule has 1 aromatic heterocycles. The molecule has 0 radical (unpaired) electrons. The molecule has 1 fully saturated rings. The summed E-state index contributed by atoms with van der Waals surface area (Å²) >= 11 is 0. The largest absolute Gasteiger partial charge is 0.507 e. The van der Waals surface area contributed by atoms with Crippen molar-refractivity contribution >= 4 is 17.4 Å². The maximum absolute atomic E-state index is 13.3. The predicted molar refractivity (Wildman–Crippen MR) is 130 cm³/mol. The van der Waals surface area contributed by atoms with E-state index in [0.29, 0.717) is 23.0 Å². The van der Waals surface area contributed by atoms with Gasteiger partial charge in [0.2, 0.25) is 0 Å². The van der Waals surface area contributed by atoms with Crippen molar-refractivity contribution in [2.45, 2.75) is 46.2 Å². The minimum atomic E-state index is -0.767. The molecule has 6 nitrogen and oxygen atoms in total. The van der Waals surface area contributed by atoms with Gasteiger partial charge < -0.3 is 19.2 Å². The van der Waals surface area contributed by atoms with Crippen LogP contribution in [-0.4, -0.2) is 28.8 Å². The van der Waals surface area contributed by atoms with E-state index in [1.54, 1.807) is 18.2 Å². The topological polar surface area (TPSA) is 80.0 Å². The molecule has 1 aliphatic heterocycles. The summed E-state index contributed by atoms with van der Waals surface area (Å²) in [5, 5.41) is 11.5. The van der Waals surface area contributed by atoms with Gasteiger partial charge in [0, 0.05) is 0 Å². The van der Waals surface area contributed by atoms with Gasteiger partial charge in [-0.25, -0.2) is 0 Å². The van der Waals surface area contributed by atoms with Crippen LogP contribution in [0.5, 0.6) is 5.75 Å². The monoisotopic (exact) mass is 459 g/mol. The molecule has 1 atom stereocenters. The molecule has 1 amide bonds. The van der Waals surface area contributed by atoms with Gasteiger partial charge in [0.15, 0.2) is 0 Å². The molecule has 1 unspecified atom stereocenters. The Morgan fingerprint density at radius 3 is 2.41 bits per heavy atom. The molecule has 0 bridgehead atoms. The van der Waals surface area contributed by atoms with Crippen molar-refractivity contribution in [2.24, 2.45) is 0 Å². The summed E-state index contributed by atoms with van der Waals surface area (Å²) in [4.78, 5) is 27.9. The van der Waals surface area contributed by atoms with Crippen LogP contribution in [0.3, 0.4) is 0 Å². The Hall–Kier alpha value is -3.80. The summed E-state index contributed by atoms with van der Waals surface area (Å²) in [5.41, 5.74) is 4.04. The number of aliphatic hydroxyl groups is 1. The first-order valence-electron chi connectivity index (χ1n) is 11.3. The summed E-state index contributed by atoms with van der Waals surface area (Å²) in [5.74, 6) is -0.309. The number of Topliss-reactive ketones (excluding diaryl/α,β-unsaturated/α-hetero) is 1. The predicted octanol–water partition coefficient (Wildman–Crippen LogP) is 5.65. The van der Waals surface area contributed by atoms with E-state index in [1.165, 1.54) is 18.3 Å². The van der Waals surface area contributed by atoms with Gasteiger partial charge in [0.25, 0.3) is 11.7 Å². The highest BCUT2D eigenvalue weighted by molar-refractivity contribution is 6.46. The zero-order chi connectivity index (χ0) is 24.6. The number of carbonyl (C=O) groups excluding carboxylic acids is 2. The molecule has 1 N–H and O–H groups in total.